The molecule has 1 fully saturated rings. The van der Waals surface area contributed by atoms with Crippen LogP contribution in [0, 0.1) is 11.8 Å². The van der Waals surface area contributed by atoms with Gasteiger partial charge in [0.2, 0.25) is 0 Å². The van der Waals surface area contributed by atoms with Gasteiger partial charge in [0, 0.05) is 23.0 Å². The Balaban J connectivity index is 1.77. The molecule has 1 saturated carbocycles. The van der Waals surface area contributed by atoms with Crippen molar-refractivity contribution in [3.8, 4) is 0 Å². The SMILES string of the molecule is O=C(c1ccccc1)[C@H]1CC[C@@H]1C(=O)c1ccccc1. The minimum Gasteiger partial charge on any atom is -0.294 e. The summed E-state index contributed by atoms with van der Waals surface area (Å²) in [5, 5.41) is 0. The Kier molecular flexibility index (Phi) is 3.46. The van der Waals surface area contributed by atoms with Gasteiger partial charge in [-0.15, -0.1) is 0 Å². The number of carbonyl (C=O) groups is 2. The van der Waals surface area contributed by atoms with Crippen LogP contribution in [0.2, 0.25) is 0 Å². The van der Waals surface area contributed by atoms with Crippen molar-refractivity contribution in [1.82, 2.24) is 0 Å². The van der Waals surface area contributed by atoms with Crippen LogP contribution in [0.5, 0.6) is 0 Å². The lowest BCUT2D eigenvalue weighted by molar-refractivity contribution is 0.0618. The summed E-state index contributed by atoms with van der Waals surface area (Å²) >= 11 is 0. The molecule has 0 spiro atoms. The van der Waals surface area contributed by atoms with E-state index in [9.17, 15) is 9.59 Å². The van der Waals surface area contributed by atoms with E-state index in [0.29, 0.717) is 11.1 Å². The molecule has 20 heavy (non-hydrogen) atoms. The van der Waals surface area contributed by atoms with Gasteiger partial charge in [-0.2, -0.15) is 0 Å². The van der Waals surface area contributed by atoms with E-state index < -0.39 is 0 Å². The van der Waals surface area contributed by atoms with Gasteiger partial charge in [-0.1, -0.05) is 60.7 Å². The Morgan fingerprint density at radius 3 is 1.30 bits per heavy atom. The first kappa shape index (κ1) is 12.8. The smallest absolute Gasteiger partial charge is 0.166 e. The standard InChI is InChI=1S/C18H16O2/c19-17(13-7-3-1-4-8-13)15-11-12-16(15)18(20)14-9-5-2-6-10-14/h1-10,15-16H,11-12H2/t15-,16-/m0/s1. The topological polar surface area (TPSA) is 34.1 Å². The van der Waals surface area contributed by atoms with Crippen LogP contribution in [-0.4, -0.2) is 11.6 Å². The van der Waals surface area contributed by atoms with E-state index in [1.54, 1.807) is 0 Å². The zero-order chi connectivity index (χ0) is 13.9. The summed E-state index contributed by atoms with van der Waals surface area (Å²) in [5.41, 5.74) is 1.42. The number of Topliss-reactive ketones (excluding diaryl/α,β-unsaturated/α-hetero) is 2. The van der Waals surface area contributed by atoms with Gasteiger partial charge in [0.1, 0.15) is 0 Å². The third-order valence-electron chi connectivity index (χ3n) is 4.06. The summed E-state index contributed by atoms with van der Waals surface area (Å²) in [7, 11) is 0. The molecule has 0 unspecified atom stereocenters. The summed E-state index contributed by atoms with van der Waals surface area (Å²) in [6.07, 6.45) is 1.63. The Morgan fingerprint density at radius 1 is 0.650 bits per heavy atom. The summed E-state index contributed by atoms with van der Waals surface area (Å²) in [5.74, 6) is -0.0903. The highest BCUT2D eigenvalue weighted by Crippen LogP contribution is 2.38. The maximum atomic E-state index is 12.4. The van der Waals surface area contributed by atoms with E-state index in [2.05, 4.69) is 0 Å². The van der Waals surface area contributed by atoms with Crippen LogP contribution >= 0.6 is 0 Å². The first-order valence-corrected chi connectivity index (χ1v) is 6.96. The number of hydrogen-bond acceptors (Lipinski definition) is 2. The highest BCUT2D eigenvalue weighted by Gasteiger charge is 2.41. The van der Waals surface area contributed by atoms with Gasteiger partial charge in [-0.25, -0.2) is 0 Å². The van der Waals surface area contributed by atoms with E-state index in [1.807, 2.05) is 60.7 Å². The fraction of sp³-hybridized carbons (Fsp3) is 0.222. The second kappa shape index (κ2) is 5.41. The van der Waals surface area contributed by atoms with Crippen LogP contribution in [0.3, 0.4) is 0 Å². The number of rotatable bonds is 4. The third kappa shape index (κ3) is 2.29. The van der Waals surface area contributed by atoms with Crippen molar-refractivity contribution in [2.45, 2.75) is 12.8 Å². The molecule has 3 rings (SSSR count). The van der Waals surface area contributed by atoms with Crippen molar-refractivity contribution in [2.75, 3.05) is 0 Å². The van der Waals surface area contributed by atoms with Crippen LogP contribution in [0.4, 0.5) is 0 Å². The maximum Gasteiger partial charge on any atom is 0.166 e. The molecule has 2 atom stereocenters. The van der Waals surface area contributed by atoms with E-state index in [1.165, 1.54) is 0 Å². The zero-order valence-corrected chi connectivity index (χ0v) is 11.2. The van der Waals surface area contributed by atoms with Gasteiger partial charge in [0.15, 0.2) is 11.6 Å². The van der Waals surface area contributed by atoms with Crippen LogP contribution < -0.4 is 0 Å². The summed E-state index contributed by atoms with van der Waals surface area (Å²) < 4.78 is 0. The quantitative estimate of drug-likeness (QED) is 0.787. The summed E-state index contributed by atoms with van der Waals surface area (Å²) in [6.45, 7) is 0. The first-order valence-electron chi connectivity index (χ1n) is 6.96. The number of hydrogen-bond donors (Lipinski definition) is 0. The Bertz CT molecular complexity index is 559. The van der Waals surface area contributed by atoms with Crippen molar-refractivity contribution in [3.05, 3.63) is 71.8 Å². The molecule has 2 aromatic carbocycles. The minimum absolute atomic E-state index is 0.103. The number of benzene rings is 2. The minimum atomic E-state index is -0.148. The zero-order valence-electron chi connectivity index (χ0n) is 11.2. The van der Waals surface area contributed by atoms with E-state index in [4.69, 9.17) is 0 Å². The van der Waals surface area contributed by atoms with Crippen LogP contribution in [0.15, 0.2) is 60.7 Å². The molecule has 0 heterocycles. The number of ketones is 2. The highest BCUT2D eigenvalue weighted by atomic mass is 16.1. The van der Waals surface area contributed by atoms with E-state index >= 15 is 0 Å². The lowest BCUT2D eigenvalue weighted by atomic mass is 9.67. The lowest BCUT2D eigenvalue weighted by Gasteiger charge is -2.34. The van der Waals surface area contributed by atoms with Gasteiger partial charge >= 0.3 is 0 Å². The Labute approximate surface area is 118 Å². The van der Waals surface area contributed by atoms with Crippen molar-refractivity contribution in [2.24, 2.45) is 11.8 Å². The van der Waals surface area contributed by atoms with Gasteiger partial charge in [0.25, 0.3) is 0 Å². The summed E-state index contributed by atoms with van der Waals surface area (Å²) in [4.78, 5) is 24.8. The van der Waals surface area contributed by atoms with Gasteiger partial charge in [-0.3, -0.25) is 9.59 Å². The maximum absolute atomic E-state index is 12.4. The predicted molar refractivity (Wildman–Crippen MR) is 77.8 cm³/mol. The predicted octanol–water partition coefficient (Wildman–Crippen LogP) is 3.78. The molecule has 0 aromatic heterocycles. The summed E-state index contributed by atoms with van der Waals surface area (Å²) in [6, 6.07) is 18.5. The second-order valence-electron chi connectivity index (χ2n) is 5.25. The average Bonchev–Trinajstić information content (AvgIpc) is 2.48. The molecule has 0 amide bonds. The molecule has 0 radical (unpaired) electrons. The van der Waals surface area contributed by atoms with E-state index in [-0.39, 0.29) is 23.4 Å². The Morgan fingerprint density at radius 2 is 1.00 bits per heavy atom. The van der Waals surface area contributed by atoms with E-state index in [0.717, 1.165) is 12.8 Å². The molecule has 1 aliphatic rings. The largest absolute Gasteiger partial charge is 0.294 e. The second-order valence-corrected chi connectivity index (χ2v) is 5.25. The van der Waals surface area contributed by atoms with Crippen LogP contribution in [-0.2, 0) is 0 Å². The third-order valence-corrected chi connectivity index (χ3v) is 4.06. The van der Waals surface area contributed by atoms with Gasteiger partial charge < -0.3 is 0 Å². The highest BCUT2D eigenvalue weighted by molar-refractivity contribution is 6.05. The van der Waals surface area contributed by atoms with Gasteiger partial charge in [0.05, 0.1) is 0 Å². The fourth-order valence-corrected chi connectivity index (χ4v) is 2.76. The van der Waals surface area contributed by atoms with Crippen LogP contribution in [0.25, 0.3) is 0 Å². The average molecular weight is 264 g/mol. The molecule has 1 aliphatic carbocycles. The van der Waals surface area contributed by atoms with Crippen molar-refractivity contribution in [1.29, 1.82) is 0 Å². The number of carbonyl (C=O) groups excluding carboxylic acids is 2. The fourth-order valence-electron chi connectivity index (χ4n) is 2.76. The molecular formula is C18H16O2. The monoisotopic (exact) mass is 264 g/mol. The van der Waals surface area contributed by atoms with Crippen molar-refractivity contribution >= 4 is 11.6 Å². The molecular weight excluding hydrogens is 248 g/mol. The molecule has 0 bridgehead atoms. The van der Waals surface area contributed by atoms with Crippen molar-refractivity contribution in [3.63, 3.8) is 0 Å². The van der Waals surface area contributed by atoms with Crippen LogP contribution in [0.1, 0.15) is 33.6 Å². The lowest BCUT2D eigenvalue weighted by Crippen LogP contribution is -2.38. The molecule has 0 aliphatic heterocycles. The van der Waals surface area contributed by atoms with Crippen molar-refractivity contribution < 1.29 is 9.59 Å². The molecule has 2 aromatic rings. The molecule has 2 nitrogen and oxygen atoms in total. The molecule has 100 valence electrons. The Hall–Kier alpha value is -2.22. The molecule has 0 N–H and O–H groups in total. The molecule has 2 heteroatoms. The normalized spacial score (nSPS) is 21.0. The first-order chi connectivity index (χ1) is 9.77. The van der Waals surface area contributed by atoms with Gasteiger partial charge in [-0.05, 0) is 12.8 Å². The molecule has 0 saturated heterocycles.